The van der Waals surface area contributed by atoms with Crippen molar-refractivity contribution in [3.63, 3.8) is 0 Å². The van der Waals surface area contributed by atoms with Crippen molar-refractivity contribution in [3.05, 3.63) is 0 Å². The van der Waals surface area contributed by atoms with Crippen molar-refractivity contribution < 1.29 is 19.4 Å². The maximum absolute atomic E-state index is 12.5. The lowest BCUT2D eigenvalue weighted by atomic mass is 9.93. The third kappa shape index (κ3) is 3.06. The fourth-order valence-corrected chi connectivity index (χ4v) is 2.94. The number of aliphatic carboxylic acids is 1. The van der Waals surface area contributed by atoms with Crippen LogP contribution in [0.5, 0.6) is 0 Å². The summed E-state index contributed by atoms with van der Waals surface area (Å²) in [5, 5.41) is 12.4. The molecule has 2 aliphatic rings. The quantitative estimate of drug-likeness (QED) is 0.759. The maximum Gasteiger partial charge on any atom is 0.326 e. The third-order valence-electron chi connectivity index (χ3n) is 4.13. The van der Waals surface area contributed by atoms with Crippen LogP contribution in [0.3, 0.4) is 0 Å². The molecule has 0 bridgehead atoms. The minimum Gasteiger partial charge on any atom is -0.480 e. The summed E-state index contributed by atoms with van der Waals surface area (Å²) < 4.78 is 5.20. The number of carboxylic acids is 1. The molecule has 6 heteroatoms. The van der Waals surface area contributed by atoms with Gasteiger partial charge in [0, 0.05) is 20.1 Å². The molecule has 2 N–H and O–H groups in total. The lowest BCUT2D eigenvalue weighted by Gasteiger charge is -2.32. The van der Waals surface area contributed by atoms with Crippen molar-refractivity contribution in [1.29, 1.82) is 0 Å². The Morgan fingerprint density at radius 1 is 1.37 bits per heavy atom. The van der Waals surface area contributed by atoms with E-state index in [4.69, 9.17) is 4.74 Å². The second-order valence-corrected chi connectivity index (χ2v) is 5.57. The molecule has 0 saturated carbocycles. The Kier molecular flexibility index (Phi) is 4.42. The van der Waals surface area contributed by atoms with E-state index in [1.54, 1.807) is 7.11 Å². The van der Waals surface area contributed by atoms with Gasteiger partial charge < -0.3 is 20.1 Å². The molecule has 2 saturated heterocycles. The predicted molar refractivity (Wildman–Crippen MR) is 68.7 cm³/mol. The molecule has 0 aromatic carbocycles. The average molecular weight is 270 g/mol. The van der Waals surface area contributed by atoms with E-state index in [9.17, 15) is 14.7 Å². The lowest BCUT2D eigenvalue weighted by Crippen LogP contribution is -2.52. The summed E-state index contributed by atoms with van der Waals surface area (Å²) in [4.78, 5) is 25.2. The van der Waals surface area contributed by atoms with Crippen LogP contribution in [0.1, 0.15) is 26.2 Å². The zero-order chi connectivity index (χ0) is 14.0. The Labute approximate surface area is 113 Å². The van der Waals surface area contributed by atoms with Gasteiger partial charge in [-0.2, -0.15) is 0 Å². The summed E-state index contributed by atoms with van der Waals surface area (Å²) in [6, 6.07) is -1.00. The molecule has 19 heavy (non-hydrogen) atoms. The van der Waals surface area contributed by atoms with Crippen molar-refractivity contribution in [2.45, 2.75) is 44.4 Å². The van der Waals surface area contributed by atoms with E-state index in [-0.39, 0.29) is 18.1 Å². The van der Waals surface area contributed by atoms with Crippen molar-refractivity contribution in [2.75, 3.05) is 20.2 Å². The first-order chi connectivity index (χ1) is 9.02. The molecule has 108 valence electrons. The third-order valence-corrected chi connectivity index (χ3v) is 4.13. The molecule has 6 nitrogen and oxygen atoms in total. The maximum atomic E-state index is 12.5. The van der Waals surface area contributed by atoms with E-state index in [0.29, 0.717) is 18.9 Å². The number of piperidine rings is 1. The van der Waals surface area contributed by atoms with Crippen molar-refractivity contribution in [3.8, 4) is 0 Å². The van der Waals surface area contributed by atoms with E-state index < -0.39 is 12.0 Å². The molecule has 0 aliphatic carbocycles. The molecule has 1 amide bonds. The molecule has 4 unspecified atom stereocenters. The molecule has 2 rings (SSSR count). The van der Waals surface area contributed by atoms with Gasteiger partial charge >= 0.3 is 5.97 Å². The van der Waals surface area contributed by atoms with Gasteiger partial charge in [-0.15, -0.1) is 0 Å². The van der Waals surface area contributed by atoms with Gasteiger partial charge in [-0.05, 0) is 25.3 Å². The van der Waals surface area contributed by atoms with Gasteiger partial charge in [0.1, 0.15) is 6.04 Å². The molecule has 2 aliphatic heterocycles. The molecule has 4 atom stereocenters. The highest BCUT2D eigenvalue weighted by atomic mass is 16.5. The molecular formula is C13H22N2O4. The van der Waals surface area contributed by atoms with Gasteiger partial charge in [-0.1, -0.05) is 6.92 Å². The molecule has 2 fully saturated rings. The summed E-state index contributed by atoms with van der Waals surface area (Å²) in [5.74, 6) is -0.547. The Hall–Kier alpha value is -1.14. The van der Waals surface area contributed by atoms with E-state index in [0.717, 1.165) is 19.4 Å². The molecule has 0 aromatic rings. The van der Waals surface area contributed by atoms with Crippen molar-refractivity contribution in [1.82, 2.24) is 10.2 Å². The molecule has 0 aromatic heterocycles. The van der Waals surface area contributed by atoms with Crippen LogP contribution in [0.15, 0.2) is 0 Å². The number of hydrogen-bond donors (Lipinski definition) is 2. The zero-order valence-electron chi connectivity index (χ0n) is 11.5. The minimum absolute atomic E-state index is 0.0986. The van der Waals surface area contributed by atoms with Gasteiger partial charge in [0.05, 0.1) is 12.1 Å². The number of ether oxygens (including phenoxy) is 1. The SMILES string of the molecule is COC1CC(C(=O)O)N(C(=O)C2CC(C)CCN2)C1. The second kappa shape index (κ2) is 5.88. The van der Waals surface area contributed by atoms with Crippen LogP contribution >= 0.6 is 0 Å². The van der Waals surface area contributed by atoms with E-state index in [1.807, 2.05) is 0 Å². The normalized spacial score (nSPS) is 35.4. The number of carboxylic acid groups (broad SMARTS) is 1. The number of likely N-dealkylation sites (tertiary alicyclic amines) is 1. The highest BCUT2D eigenvalue weighted by molar-refractivity contribution is 5.87. The number of nitrogens with zero attached hydrogens (tertiary/aromatic N) is 1. The lowest BCUT2D eigenvalue weighted by molar-refractivity contribution is -0.149. The second-order valence-electron chi connectivity index (χ2n) is 5.57. The number of carbonyl (C=O) groups is 2. The monoisotopic (exact) mass is 270 g/mol. The fraction of sp³-hybridized carbons (Fsp3) is 0.846. The topological polar surface area (TPSA) is 78.9 Å². The fourth-order valence-electron chi connectivity index (χ4n) is 2.94. The van der Waals surface area contributed by atoms with Crippen LogP contribution in [0, 0.1) is 5.92 Å². The molecular weight excluding hydrogens is 248 g/mol. The van der Waals surface area contributed by atoms with Gasteiger partial charge in [0.2, 0.25) is 5.91 Å². The van der Waals surface area contributed by atoms with Crippen LogP contribution in [0.2, 0.25) is 0 Å². The number of carbonyl (C=O) groups excluding carboxylic acids is 1. The first-order valence-electron chi connectivity index (χ1n) is 6.82. The van der Waals surface area contributed by atoms with E-state index >= 15 is 0 Å². The largest absolute Gasteiger partial charge is 0.480 e. The summed E-state index contributed by atoms with van der Waals surface area (Å²) in [5.41, 5.74) is 0. The van der Waals surface area contributed by atoms with Crippen LogP contribution in [-0.2, 0) is 14.3 Å². The van der Waals surface area contributed by atoms with Crippen LogP contribution < -0.4 is 5.32 Å². The zero-order valence-corrected chi connectivity index (χ0v) is 11.5. The summed E-state index contributed by atoms with van der Waals surface area (Å²) in [7, 11) is 1.55. The number of amides is 1. The number of nitrogens with one attached hydrogen (secondary N) is 1. The number of rotatable bonds is 3. The summed E-state index contributed by atoms with van der Waals surface area (Å²) in [6.45, 7) is 3.31. The Balaban J connectivity index is 2.05. The van der Waals surface area contributed by atoms with Gasteiger partial charge in [-0.3, -0.25) is 4.79 Å². The smallest absolute Gasteiger partial charge is 0.326 e. The Bertz CT molecular complexity index is 361. The minimum atomic E-state index is -0.947. The number of methoxy groups -OCH3 is 1. The highest BCUT2D eigenvalue weighted by Gasteiger charge is 2.42. The number of hydrogen-bond acceptors (Lipinski definition) is 4. The first-order valence-corrected chi connectivity index (χ1v) is 6.82. The average Bonchev–Trinajstić information content (AvgIpc) is 2.82. The van der Waals surface area contributed by atoms with Gasteiger partial charge in [-0.25, -0.2) is 4.79 Å². The van der Waals surface area contributed by atoms with E-state index in [1.165, 1.54) is 4.90 Å². The van der Waals surface area contributed by atoms with Crippen LogP contribution in [0.4, 0.5) is 0 Å². The summed E-state index contributed by atoms with van der Waals surface area (Å²) in [6.07, 6.45) is 2.04. The van der Waals surface area contributed by atoms with Crippen LogP contribution in [0.25, 0.3) is 0 Å². The standard InChI is InChI=1S/C13H22N2O4/c1-8-3-4-14-10(5-8)12(16)15-7-9(19-2)6-11(15)13(17)18/h8-11,14H,3-7H2,1-2H3,(H,17,18). The molecule has 0 radical (unpaired) electrons. The predicted octanol–water partition coefficient (Wildman–Crippen LogP) is 0.0750. The Morgan fingerprint density at radius 2 is 2.11 bits per heavy atom. The van der Waals surface area contributed by atoms with Gasteiger partial charge in [0.15, 0.2) is 0 Å². The highest BCUT2D eigenvalue weighted by Crippen LogP contribution is 2.24. The first kappa shape index (κ1) is 14.3. The summed E-state index contributed by atoms with van der Waals surface area (Å²) >= 11 is 0. The van der Waals surface area contributed by atoms with Crippen molar-refractivity contribution >= 4 is 11.9 Å². The van der Waals surface area contributed by atoms with Gasteiger partial charge in [0.25, 0.3) is 0 Å². The molecule has 0 spiro atoms. The van der Waals surface area contributed by atoms with E-state index in [2.05, 4.69) is 12.2 Å². The Morgan fingerprint density at radius 3 is 2.68 bits per heavy atom. The van der Waals surface area contributed by atoms with Crippen molar-refractivity contribution in [2.24, 2.45) is 5.92 Å². The molecule has 2 heterocycles. The van der Waals surface area contributed by atoms with Crippen LogP contribution in [-0.4, -0.2) is 60.3 Å².